The molecule has 0 spiro atoms. The largest absolute Gasteiger partial charge is 0.389 e. The van der Waals surface area contributed by atoms with Crippen molar-refractivity contribution in [3.8, 4) is 0 Å². The number of nitrogens with zero attached hydrogens (tertiary/aromatic N) is 3. The Balaban J connectivity index is 2.02. The van der Waals surface area contributed by atoms with Gasteiger partial charge in [-0.05, 0) is 42.4 Å². The maximum absolute atomic E-state index is 9.79. The van der Waals surface area contributed by atoms with Gasteiger partial charge < -0.3 is 5.11 Å². The van der Waals surface area contributed by atoms with Crippen LogP contribution in [-0.4, -0.2) is 19.7 Å². The minimum atomic E-state index is -0.497. The van der Waals surface area contributed by atoms with Crippen LogP contribution < -0.4 is 0 Å². The van der Waals surface area contributed by atoms with Crippen LogP contribution in [0.5, 0.6) is 0 Å². The summed E-state index contributed by atoms with van der Waals surface area (Å²) < 4.78 is 1.93. The van der Waals surface area contributed by atoms with Crippen LogP contribution in [0.4, 0.5) is 0 Å². The highest BCUT2D eigenvalue weighted by Gasteiger charge is 2.12. The van der Waals surface area contributed by atoms with Crippen molar-refractivity contribution < 1.29 is 5.11 Å². The molecule has 0 saturated carbocycles. The molecule has 1 atom stereocenters. The molecule has 1 N–H and O–H groups in total. The van der Waals surface area contributed by atoms with Crippen LogP contribution in [0, 0.1) is 0 Å². The number of hydrogen-bond acceptors (Lipinski definition) is 4. The first-order chi connectivity index (χ1) is 9.25. The molecule has 96 valence electrons. The van der Waals surface area contributed by atoms with E-state index in [0.29, 0.717) is 0 Å². The van der Waals surface area contributed by atoms with Crippen LogP contribution in [0.25, 0.3) is 5.65 Å². The lowest BCUT2D eigenvalue weighted by atomic mass is 10.1. The number of aliphatic hydroxyl groups is 1. The van der Waals surface area contributed by atoms with Crippen LogP contribution in [0.1, 0.15) is 18.6 Å². The Kier molecular flexibility index (Phi) is 3.23. The predicted octanol–water partition coefficient (Wildman–Crippen LogP) is 2.93. The van der Waals surface area contributed by atoms with Gasteiger partial charge in [0.25, 0.3) is 0 Å². The summed E-state index contributed by atoms with van der Waals surface area (Å²) in [5.74, 6) is 0. The summed E-state index contributed by atoms with van der Waals surface area (Å²) in [5, 5.41) is 18.9. The Morgan fingerprint density at radius 2 is 1.89 bits per heavy atom. The Morgan fingerprint density at radius 1 is 1.11 bits per heavy atom. The molecule has 0 bridgehead atoms. The van der Waals surface area contributed by atoms with Gasteiger partial charge >= 0.3 is 0 Å². The Bertz CT molecular complexity index is 708. The van der Waals surface area contributed by atoms with E-state index in [0.717, 1.165) is 21.3 Å². The maximum atomic E-state index is 9.79. The van der Waals surface area contributed by atoms with Gasteiger partial charge in [0.1, 0.15) is 0 Å². The molecule has 4 nitrogen and oxygen atoms in total. The molecule has 0 amide bonds. The van der Waals surface area contributed by atoms with Crippen molar-refractivity contribution in [1.82, 2.24) is 14.6 Å². The van der Waals surface area contributed by atoms with Crippen molar-refractivity contribution in [2.24, 2.45) is 0 Å². The third-order valence-electron chi connectivity index (χ3n) is 2.85. The number of hydrogen-bond donors (Lipinski definition) is 1. The summed E-state index contributed by atoms with van der Waals surface area (Å²) in [4.78, 5) is 0.996. The molecular weight excluding hydrogens is 258 g/mol. The molecule has 19 heavy (non-hydrogen) atoms. The normalized spacial score (nSPS) is 12.7. The maximum Gasteiger partial charge on any atom is 0.200 e. The Labute approximate surface area is 115 Å². The molecule has 0 aliphatic carbocycles. The zero-order valence-electron chi connectivity index (χ0n) is 10.4. The van der Waals surface area contributed by atoms with Crippen molar-refractivity contribution in [3.63, 3.8) is 0 Å². The Morgan fingerprint density at radius 3 is 2.74 bits per heavy atom. The SMILES string of the molecule is C[C@@H](O)c1ccccc1Sc1nnc2ccccn12. The molecule has 0 saturated heterocycles. The van der Waals surface area contributed by atoms with Crippen LogP contribution in [-0.2, 0) is 0 Å². The van der Waals surface area contributed by atoms with Crippen molar-refractivity contribution >= 4 is 17.4 Å². The van der Waals surface area contributed by atoms with E-state index < -0.39 is 6.10 Å². The van der Waals surface area contributed by atoms with Gasteiger partial charge in [-0.3, -0.25) is 4.40 Å². The van der Waals surface area contributed by atoms with Gasteiger partial charge in [0.05, 0.1) is 6.10 Å². The lowest BCUT2D eigenvalue weighted by Gasteiger charge is -2.10. The summed E-state index contributed by atoms with van der Waals surface area (Å²) in [6.45, 7) is 1.77. The smallest absolute Gasteiger partial charge is 0.200 e. The van der Waals surface area contributed by atoms with E-state index in [4.69, 9.17) is 0 Å². The highest BCUT2D eigenvalue weighted by atomic mass is 32.2. The number of aromatic nitrogens is 3. The standard InChI is InChI=1S/C14H13N3OS/c1-10(18)11-6-2-3-7-12(11)19-14-16-15-13-8-4-5-9-17(13)14/h2-10,18H,1H3/t10-/m1/s1. The fourth-order valence-corrected chi connectivity index (χ4v) is 2.94. The van der Waals surface area contributed by atoms with E-state index in [-0.39, 0.29) is 0 Å². The van der Waals surface area contributed by atoms with Gasteiger partial charge in [-0.25, -0.2) is 0 Å². The van der Waals surface area contributed by atoms with Gasteiger partial charge in [0.15, 0.2) is 10.8 Å². The predicted molar refractivity (Wildman–Crippen MR) is 74.2 cm³/mol. The van der Waals surface area contributed by atoms with Gasteiger partial charge in [-0.1, -0.05) is 24.3 Å². The highest BCUT2D eigenvalue weighted by Crippen LogP contribution is 2.32. The molecule has 2 aromatic heterocycles. The first kappa shape index (κ1) is 12.2. The molecule has 5 heteroatoms. The lowest BCUT2D eigenvalue weighted by molar-refractivity contribution is 0.196. The molecule has 0 unspecified atom stereocenters. The molecule has 2 heterocycles. The van der Waals surface area contributed by atoms with E-state index in [1.807, 2.05) is 53.1 Å². The number of fused-ring (bicyclic) bond motifs is 1. The van der Waals surface area contributed by atoms with Crippen molar-refractivity contribution in [1.29, 1.82) is 0 Å². The van der Waals surface area contributed by atoms with E-state index in [1.165, 1.54) is 11.8 Å². The quantitative estimate of drug-likeness (QED) is 0.795. The van der Waals surface area contributed by atoms with Crippen LogP contribution in [0.2, 0.25) is 0 Å². The highest BCUT2D eigenvalue weighted by molar-refractivity contribution is 7.99. The summed E-state index contributed by atoms with van der Waals surface area (Å²) in [6, 6.07) is 13.6. The summed E-state index contributed by atoms with van der Waals surface area (Å²) >= 11 is 1.51. The van der Waals surface area contributed by atoms with E-state index in [2.05, 4.69) is 10.2 Å². The average molecular weight is 271 g/mol. The van der Waals surface area contributed by atoms with Crippen molar-refractivity contribution in [2.75, 3.05) is 0 Å². The second kappa shape index (κ2) is 5.03. The monoisotopic (exact) mass is 271 g/mol. The molecule has 0 aliphatic heterocycles. The summed E-state index contributed by atoms with van der Waals surface area (Å²) in [5.41, 5.74) is 1.72. The number of aliphatic hydroxyl groups excluding tert-OH is 1. The minimum absolute atomic E-state index is 0.497. The first-order valence-corrected chi connectivity index (χ1v) is 6.82. The van der Waals surface area contributed by atoms with E-state index in [1.54, 1.807) is 6.92 Å². The van der Waals surface area contributed by atoms with Gasteiger partial charge in [-0.2, -0.15) is 0 Å². The van der Waals surface area contributed by atoms with Crippen molar-refractivity contribution in [3.05, 3.63) is 54.2 Å². The third-order valence-corrected chi connectivity index (χ3v) is 3.91. The zero-order valence-corrected chi connectivity index (χ0v) is 11.2. The number of rotatable bonds is 3. The van der Waals surface area contributed by atoms with Gasteiger partial charge in [0.2, 0.25) is 0 Å². The first-order valence-electron chi connectivity index (χ1n) is 6.00. The summed E-state index contributed by atoms with van der Waals surface area (Å²) in [7, 11) is 0. The number of pyridine rings is 1. The molecule has 0 aliphatic rings. The van der Waals surface area contributed by atoms with Crippen LogP contribution in [0.3, 0.4) is 0 Å². The third kappa shape index (κ3) is 2.34. The molecule has 1 aromatic carbocycles. The molecule has 0 fully saturated rings. The van der Waals surface area contributed by atoms with E-state index in [9.17, 15) is 5.11 Å². The second-order valence-electron chi connectivity index (χ2n) is 4.23. The van der Waals surface area contributed by atoms with Crippen molar-refractivity contribution in [2.45, 2.75) is 23.1 Å². The average Bonchev–Trinajstić information content (AvgIpc) is 2.83. The summed E-state index contributed by atoms with van der Waals surface area (Å²) in [6.07, 6.45) is 1.44. The molecule has 0 radical (unpaired) electrons. The second-order valence-corrected chi connectivity index (χ2v) is 5.24. The van der Waals surface area contributed by atoms with Crippen LogP contribution >= 0.6 is 11.8 Å². The van der Waals surface area contributed by atoms with E-state index >= 15 is 0 Å². The lowest BCUT2D eigenvalue weighted by Crippen LogP contribution is -1.94. The van der Waals surface area contributed by atoms with Gasteiger partial charge in [0, 0.05) is 11.1 Å². The zero-order chi connectivity index (χ0) is 13.2. The topological polar surface area (TPSA) is 50.4 Å². The van der Waals surface area contributed by atoms with Crippen LogP contribution in [0.15, 0.2) is 58.7 Å². The fraction of sp³-hybridized carbons (Fsp3) is 0.143. The molecular formula is C14H13N3OS. The minimum Gasteiger partial charge on any atom is -0.389 e. The molecule has 3 aromatic rings. The fourth-order valence-electron chi connectivity index (χ4n) is 1.91. The molecule has 3 rings (SSSR count). The van der Waals surface area contributed by atoms with Gasteiger partial charge in [-0.15, -0.1) is 10.2 Å². The Hall–Kier alpha value is -1.85. The number of benzene rings is 1.